The average Bonchev–Trinajstić information content (AvgIpc) is 2.85. The van der Waals surface area contributed by atoms with E-state index in [0.717, 1.165) is 27.5 Å². The summed E-state index contributed by atoms with van der Waals surface area (Å²) in [5, 5.41) is 0. The Morgan fingerprint density at radius 2 is 1.96 bits per heavy atom. The van der Waals surface area contributed by atoms with Crippen molar-refractivity contribution >= 4 is 5.91 Å². The van der Waals surface area contributed by atoms with Gasteiger partial charge in [-0.3, -0.25) is 4.79 Å². The molecule has 0 aliphatic carbocycles. The number of benzene rings is 1. The highest BCUT2D eigenvalue weighted by Crippen LogP contribution is 2.23. The van der Waals surface area contributed by atoms with Crippen LogP contribution >= 0.6 is 0 Å². The second kappa shape index (κ2) is 8.25. The van der Waals surface area contributed by atoms with Gasteiger partial charge in [0, 0.05) is 30.7 Å². The molecule has 4 nitrogen and oxygen atoms in total. The maximum absolute atomic E-state index is 12.8. The Hall–Kier alpha value is -2.21. The quantitative estimate of drug-likeness (QED) is 0.762. The van der Waals surface area contributed by atoms with E-state index in [0.29, 0.717) is 5.56 Å². The van der Waals surface area contributed by atoms with Crippen LogP contribution in [0.5, 0.6) is 0 Å². The lowest BCUT2D eigenvalue weighted by Gasteiger charge is -2.22. The van der Waals surface area contributed by atoms with Crippen LogP contribution in [0.2, 0.25) is 0 Å². The van der Waals surface area contributed by atoms with Crippen molar-refractivity contribution in [1.82, 2.24) is 9.47 Å². The molecular weight excluding hydrogens is 326 g/mol. The summed E-state index contributed by atoms with van der Waals surface area (Å²) < 4.78 is 32.6. The van der Waals surface area contributed by atoms with Gasteiger partial charge in [-0.2, -0.15) is 0 Å². The summed E-state index contributed by atoms with van der Waals surface area (Å²) in [6.45, 7) is 5.48. The van der Waals surface area contributed by atoms with E-state index in [2.05, 4.69) is 0 Å². The van der Waals surface area contributed by atoms with Crippen LogP contribution in [0.15, 0.2) is 30.3 Å². The third kappa shape index (κ3) is 4.45. The molecule has 1 aromatic heterocycles. The minimum Gasteiger partial charge on any atom is -0.383 e. The summed E-state index contributed by atoms with van der Waals surface area (Å²) in [5.74, 6) is -0.399. The van der Waals surface area contributed by atoms with Crippen molar-refractivity contribution in [2.24, 2.45) is 0 Å². The molecule has 1 amide bonds. The number of carbonyl (C=O) groups excluding carboxylic acids is 1. The first-order valence-corrected chi connectivity index (χ1v) is 8.17. The van der Waals surface area contributed by atoms with E-state index in [4.69, 9.17) is 4.74 Å². The number of carbonyl (C=O) groups is 1. The molecule has 0 aliphatic heterocycles. The van der Waals surface area contributed by atoms with Gasteiger partial charge in [0.25, 0.3) is 12.3 Å². The van der Waals surface area contributed by atoms with Gasteiger partial charge in [-0.1, -0.05) is 12.1 Å². The highest BCUT2D eigenvalue weighted by atomic mass is 19.3. The zero-order valence-corrected chi connectivity index (χ0v) is 15.1. The zero-order valence-electron chi connectivity index (χ0n) is 15.1. The van der Waals surface area contributed by atoms with Crippen molar-refractivity contribution in [2.45, 2.75) is 27.2 Å². The number of alkyl halides is 2. The van der Waals surface area contributed by atoms with E-state index < -0.39 is 18.9 Å². The number of rotatable bonds is 7. The smallest absolute Gasteiger partial charge is 0.255 e. The van der Waals surface area contributed by atoms with Crippen LogP contribution in [0.3, 0.4) is 0 Å². The molecule has 136 valence electrons. The number of hydrogen-bond acceptors (Lipinski definition) is 2. The number of aryl methyl sites for hydroxylation is 2. The van der Waals surface area contributed by atoms with Crippen LogP contribution in [0.1, 0.15) is 27.3 Å². The van der Waals surface area contributed by atoms with Gasteiger partial charge in [0.2, 0.25) is 0 Å². The molecule has 0 spiro atoms. The predicted molar refractivity (Wildman–Crippen MR) is 93.8 cm³/mol. The Labute approximate surface area is 147 Å². The van der Waals surface area contributed by atoms with E-state index in [1.54, 1.807) is 6.07 Å². The van der Waals surface area contributed by atoms with E-state index in [9.17, 15) is 13.6 Å². The topological polar surface area (TPSA) is 34.5 Å². The Balaban J connectivity index is 2.38. The van der Waals surface area contributed by atoms with Crippen LogP contribution < -0.4 is 0 Å². The second-order valence-corrected chi connectivity index (χ2v) is 6.09. The molecule has 0 radical (unpaired) electrons. The first kappa shape index (κ1) is 19.1. The summed E-state index contributed by atoms with van der Waals surface area (Å²) in [6.07, 6.45) is -2.58. The Morgan fingerprint density at radius 1 is 1.24 bits per heavy atom. The maximum atomic E-state index is 12.8. The molecule has 2 aromatic rings. The van der Waals surface area contributed by atoms with E-state index >= 15 is 0 Å². The molecule has 0 unspecified atom stereocenters. The van der Waals surface area contributed by atoms with Crippen molar-refractivity contribution in [1.29, 1.82) is 0 Å². The minimum absolute atomic E-state index is 0.133. The molecule has 0 saturated heterocycles. The molecule has 0 atom stereocenters. The van der Waals surface area contributed by atoms with Crippen LogP contribution in [0.25, 0.3) is 5.69 Å². The number of nitrogens with zero attached hydrogens (tertiary/aromatic N) is 2. The molecular formula is C19H24F2N2O2. The fourth-order valence-corrected chi connectivity index (χ4v) is 2.96. The van der Waals surface area contributed by atoms with Gasteiger partial charge in [-0.05, 0) is 44.5 Å². The monoisotopic (exact) mass is 350 g/mol. The summed E-state index contributed by atoms with van der Waals surface area (Å²) in [6, 6.07) is 9.69. The average molecular weight is 350 g/mol. The molecule has 0 bridgehead atoms. The van der Waals surface area contributed by atoms with Crippen molar-refractivity contribution in [3.63, 3.8) is 0 Å². The number of aromatic nitrogens is 1. The lowest BCUT2D eigenvalue weighted by atomic mass is 10.2. The molecule has 1 aromatic carbocycles. The fourth-order valence-electron chi connectivity index (χ4n) is 2.96. The second-order valence-electron chi connectivity index (χ2n) is 6.09. The molecule has 25 heavy (non-hydrogen) atoms. The number of hydrogen-bond donors (Lipinski definition) is 0. The highest BCUT2D eigenvalue weighted by Gasteiger charge is 2.24. The first-order chi connectivity index (χ1) is 11.8. The maximum Gasteiger partial charge on any atom is 0.255 e. The summed E-state index contributed by atoms with van der Waals surface area (Å²) in [5.41, 5.74) is 4.12. The van der Waals surface area contributed by atoms with Gasteiger partial charge in [0.05, 0.1) is 18.7 Å². The Morgan fingerprint density at radius 3 is 2.56 bits per heavy atom. The normalized spacial score (nSPS) is 11.2. The molecule has 1 heterocycles. The van der Waals surface area contributed by atoms with Crippen molar-refractivity contribution in [2.75, 3.05) is 26.8 Å². The third-order valence-electron chi connectivity index (χ3n) is 4.13. The Kier molecular flexibility index (Phi) is 6.31. The van der Waals surface area contributed by atoms with Crippen LogP contribution in [0, 0.1) is 20.8 Å². The van der Waals surface area contributed by atoms with Crippen LogP contribution in [-0.2, 0) is 4.74 Å². The predicted octanol–water partition coefficient (Wildman–Crippen LogP) is 3.76. The standard InChI is InChI=1S/C19H24F2N2O2/c1-13-6-5-7-16(10-13)23-14(2)11-17(15(23)3)19(24)22(8-9-25-4)12-18(20)21/h5-7,10-11,18H,8-9,12H2,1-4H3. The van der Waals surface area contributed by atoms with Crippen molar-refractivity contribution in [3.8, 4) is 5.69 Å². The molecule has 0 aliphatic rings. The van der Waals surface area contributed by atoms with Gasteiger partial charge in [0.1, 0.15) is 0 Å². The fraction of sp³-hybridized carbons (Fsp3) is 0.421. The van der Waals surface area contributed by atoms with E-state index in [1.807, 2.05) is 49.6 Å². The molecule has 6 heteroatoms. The molecule has 0 N–H and O–H groups in total. The van der Waals surface area contributed by atoms with Gasteiger partial charge in [-0.15, -0.1) is 0 Å². The van der Waals surface area contributed by atoms with Gasteiger partial charge in [-0.25, -0.2) is 8.78 Å². The summed E-state index contributed by atoms with van der Waals surface area (Å²) in [7, 11) is 1.48. The van der Waals surface area contributed by atoms with Gasteiger partial charge in [0.15, 0.2) is 0 Å². The highest BCUT2D eigenvalue weighted by molar-refractivity contribution is 5.96. The lowest BCUT2D eigenvalue weighted by Crippen LogP contribution is -2.37. The molecule has 0 saturated carbocycles. The Bertz CT molecular complexity index is 741. The van der Waals surface area contributed by atoms with Crippen LogP contribution in [-0.4, -0.2) is 48.6 Å². The minimum atomic E-state index is -2.58. The van der Waals surface area contributed by atoms with Crippen molar-refractivity contribution in [3.05, 3.63) is 52.8 Å². The summed E-state index contributed by atoms with van der Waals surface area (Å²) >= 11 is 0. The van der Waals surface area contributed by atoms with Gasteiger partial charge < -0.3 is 14.2 Å². The number of halogens is 2. The zero-order chi connectivity index (χ0) is 18.6. The third-order valence-corrected chi connectivity index (χ3v) is 4.13. The summed E-state index contributed by atoms with van der Waals surface area (Å²) in [4.78, 5) is 13.9. The lowest BCUT2D eigenvalue weighted by molar-refractivity contribution is 0.0477. The molecule has 0 fully saturated rings. The van der Waals surface area contributed by atoms with Gasteiger partial charge >= 0.3 is 0 Å². The number of methoxy groups -OCH3 is 1. The van der Waals surface area contributed by atoms with Crippen LogP contribution in [0.4, 0.5) is 8.78 Å². The van der Waals surface area contributed by atoms with Crippen molar-refractivity contribution < 1.29 is 18.3 Å². The largest absolute Gasteiger partial charge is 0.383 e. The van der Waals surface area contributed by atoms with E-state index in [-0.39, 0.29) is 13.2 Å². The number of amides is 1. The SMILES string of the molecule is COCCN(CC(F)F)C(=O)c1cc(C)n(-c2cccc(C)c2)c1C. The number of ether oxygens (including phenoxy) is 1. The first-order valence-electron chi connectivity index (χ1n) is 8.17. The van der Waals surface area contributed by atoms with E-state index in [1.165, 1.54) is 7.11 Å². The molecule has 2 rings (SSSR count).